The highest BCUT2D eigenvalue weighted by atomic mass is 31.0. The fraction of sp³-hybridized carbons (Fsp3) is 0.500. The molecule has 0 fully saturated rings. The van der Waals surface area contributed by atoms with Gasteiger partial charge in [0.1, 0.15) is 19.8 Å². The van der Waals surface area contributed by atoms with E-state index in [1.807, 2.05) is 0 Å². The number of carbonyl (C=O) groups excluding carboxylic acids is 3. The van der Waals surface area contributed by atoms with Crippen molar-refractivity contribution >= 4 is 27.3 Å². The molecule has 0 bridgehead atoms. The minimum Gasteiger partial charge on any atom is -0.462 e. The molecule has 0 heterocycles. The highest BCUT2D eigenvalue weighted by Gasteiger charge is 2.03. The van der Waals surface area contributed by atoms with Crippen LogP contribution >= 0.6 is 9.24 Å². The quantitative estimate of drug-likeness (QED) is 0.218. The monoisotopic (exact) mass is 277 g/mol. The van der Waals surface area contributed by atoms with E-state index in [1.54, 1.807) is 0 Å². The van der Waals surface area contributed by atoms with Gasteiger partial charge < -0.3 is 19.5 Å². The lowest BCUT2D eigenvalue weighted by molar-refractivity contribution is -0.141. The van der Waals surface area contributed by atoms with Gasteiger partial charge in [-0.2, -0.15) is 0 Å². The van der Waals surface area contributed by atoms with Crippen LogP contribution < -0.4 is 5.32 Å². The SMILES string of the molecule is C=CC(=O)OCCNC(=O)OCCOC(=O)CP. The second-order valence-corrected chi connectivity index (χ2v) is 3.27. The van der Waals surface area contributed by atoms with Crippen molar-refractivity contribution < 1.29 is 28.6 Å². The highest BCUT2D eigenvalue weighted by molar-refractivity contribution is 7.18. The molecule has 18 heavy (non-hydrogen) atoms. The minimum atomic E-state index is -0.674. The van der Waals surface area contributed by atoms with Crippen molar-refractivity contribution in [1.82, 2.24) is 5.32 Å². The van der Waals surface area contributed by atoms with Crippen LogP contribution in [0.5, 0.6) is 0 Å². The second-order valence-electron chi connectivity index (χ2n) is 2.86. The summed E-state index contributed by atoms with van der Waals surface area (Å²) in [4.78, 5) is 32.4. The maximum absolute atomic E-state index is 11.0. The van der Waals surface area contributed by atoms with Crippen molar-refractivity contribution in [3.05, 3.63) is 12.7 Å². The van der Waals surface area contributed by atoms with Gasteiger partial charge in [-0.1, -0.05) is 6.58 Å². The van der Waals surface area contributed by atoms with Crippen molar-refractivity contribution in [3.63, 3.8) is 0 Å². The minimum absolute atomic E-state index is 0.00605. The van der Waals surface area contributed by atoms with Crippen molar-refractivity contribution in [3.8, 4) is 0 Å². The molecule has 102 valence electrons. The number of nitrogens with one attached hydrogen (secondary N) is 1. The number of ether oxygens (including phenoxy) is 3. The molecule has 0 radical (unpaired) electrons. The number of hydrogen-bond acceptors (Lipinski definition) is 6. The maximum atomic E-state index is 11.0. The predicted octanol–water partition coefficient (Wildman–Crippen LogP) is -0.140. The first kappa shape index (κ1) is 16.4. The Labute approximate surface area is 107 Å². The first-order chi connectivity index (χ1) is 8.60. The summed E-state index contributed by atoms with van der Waals surface area (Å²) in [6.07, 6.45) is 0.547. The van der Waals surface area contributed by atoms with E-state index >= 15 is 0 Å². The van der Waals surface area contributed by atoms with Crippen molar-refractivity contribution in [1.29, 1.82) is 0 Å². The standard InChI is InChI=1S/C10H16NO6P/c1-2-8(12)15-4-3-11-10(14)17-6-5-16-9(13)7-18/h2H,1,3-7,18H2,(H,11,14). The zero-order valence-corrected chi connectivity index (χ0v) is 11.0. The molecule has 0 aliphatic carbocycles. The van der Waals surface area contributed by atoms with Gasteiger partial charge in [-0.05, 0) is 0 Å². The fourth-order valence-corrected chi connectivity index (χ4v) is 0.881. The van der Waals surface area contributed by atoms with Gasteiger partial charge in [0.25, 0.3) is 0 Å². The first-order valence-electron chi connectivity index (χ1n) is 5.15. The maximum Gasteiger partial charge on any atom is 0.407 e. The molecule has 1 unspecified atom stereocenters. The van der Waals surface area contributed by atoms with Crippen LogP contribution in [0, 0.1) is 0 Å². The molecule has 0 aliphatic rings. The molecule has 0 aromatic heterocycles. The summed E-state index contributed by atoms with van der Waals surface area (Å²) in [6, 6.07) is 0. The number of alkyl carbamates (subject to hydrolysis) is 1. The van der Waals surface area contributed by atoms with E-state index in [0.29, 0.717) is 0 Å². The summed E-state index contributed by atoms with van der Waals surface area (Å²) in [5.41, 5.74) is 0. The summed E-state index contributed by atoms with van der Waals surface area (Å²) < 4.78 is 14.0. The molecule has 0 spiro atoms. The number of amides is 1. The summed E-state index contributed by atoms with van der Waals surface area (Å²) in [5.74, 6) is -0.949. The van der Waals surface area contributed by atoms with Gasteiger partial charge in [-0.15, -0.1) is 9.24 Å². The van der Waals surface area contributed by atoms with E-state index in [0.717, 1.165) is 6.08 Å². The van der Waals surface area contributed by atoms with E-state index in [9.17, 15) is 14.4 Å². The number of esters is 2. The molecule has 0 aliphatic heterocycles. The lowest BCUT2D eigenvalue weighted by Gasteiger charge is -2.07. The normalized spacial score (nSPS) is 9.17. The number of hydrogen-bond donors (Lipinski definition) is 1. The molecular weight excluding hydrogens is 261 g/mol. The van der Waals surface area contributed by atoms with E-state index in [4.69, 9.17) is 0 Å². The summed E-state index contributed by atoms with van der Waals surface area (Å²) in [5, 5.41) is 2.35. The van der Waals surface area contributed by atoms with Gasteiger partial charge in [-0.25, -0.2) is 9.59 Å². The summed E-state index contributed by atoms with van der Waals surface area (Å²) in [6.45, 7) is 3.35. The number of carbonyl (C=O) groups is 3. The summed E-state index contributed by atoms with van der Waals surface area (Å²) >= 11 is 0. The van der Waals surface area contributed by atoms with Crippen LogP contribution in [0.15, 0.2) is 12.7 Å². The Morgan fingerprint density at radius 1 is 1.11 bits per heavy atom. The van der Waals surface area contributed by atoms with Crippen LogP contribution in [-0.2, 0) is 23.8 Å². The Bertz CT molecular complexity index is 307. The molecule has 7 nitrogen and oxygen atoms in total. The third kappa shape index (κ3) is 9.59. The van der Waals surface area contributed by atoms with Crippen molar-refractivity contribution in [2.45, 2.75) is 0 Å². The average Bonchev–Trinajstić information content (AvgIpc) is 2.38. The highest BCUT2D eigenvalue weighted by Crippen LogP contribution is 1.86. The van der Waals surface area contributed by atoms with Crippen LogP contribution in [0.1, 0.15) is 0 Å². The zero-order chi connectivity index (χ0) is 13.8. The van der Waals surface area contributed by atoms with E-state index < -0.39 is 12.1 Å². The van der Waals surface area contributed by atoms with Crippen LogP contribution in [0.2, 0.25) is 0 Å². The molecule has 0 saturated heterocycles. The van der Waals surface area contributed by atoms with E-state index in [-0.39, 0.29) is 38.5 Å². The lowest BCUT2D eigenvalue weighted by Crippen LogP contribution is -2.29. The molecule has 0 aromatic carbocycles. The fourth-order valence-electron chi connectivity index (χ4n) is 0.763. The van der Waals surface area contributed by atoms with Crippen molar-refractivity contribution in [2.75, 3.05) is 32.5 Å². The zero-order valence-electron chi connectivity index (χ0n) is 9.85. The third-order valence-electron chi connectivity index (χ3n) is 1.53. The topological polar surface area (TPSA) is 90.9 Å². The van der Waals surface area contributed by atoms with Crippen LogP contribution in [0.25, 0.3) is 0 Å². The van der Waals surface area contributed by atoms with Gasteiger partial charge in [0, 0.05) is 6.08 Å². The molecule has 8 heteroatoms. The number of rotatable bonds is 8. The first-order valence-corrected chi connectivity index (χ1v) is 5.97. The van der Waals surface area contributed by atoms with E-state index in [1.165, 1.54) is 0 Å². The molecule has 1 N–H and O–H groups in total. The molecular formula is C10H16NO6P. The molecule has 1 amide bonds. The summed E-state index contributed by atoms with van der Waals surface area (Å²) in [7, 11) is 2.22. The predicted molar refractivity (Wildman–Crippen MR) is 66.0 cm³/mol. The van der Waals surface area contributed by atoms with Gasteiger partial charge in [0.15, 0.2) is 0 Å². The van der Waals surface area contributed by atoms with Crippen LogP contribution in [-0.4, -0.2) is 50.6 Å². The second kappa shape index (κ2) is 10.5. The molecule has 0 rings (SSSR count). The Hall–Kier alpha value is -1.62. The molecule has 0 saturated carbocycles. The van der Waals surface area contributed by atoms with Crippen LogP contribution in [0.4, 0.5) is 4.79 Å². The largest absolute Gasteiger partial charge is 0.462 e. The van der Waals surface area contributed by atoms with Gasteiger partial charge in [0.05, 0.1) is 12.7 Å². The Kier molecular flexibility index (Phi) is 9.58. The van der Waals surface area contributed by atoms with Gasteiger partial charge >= 0.3 is 18.0 Å². The van der Waals surface area contributed by atoms with E-state index in [2.05, 4.69) is 35.3 Å². The third-order valence-corrected chi connectivity index (χ3v) is 1.86. The smallest absolute Gasteiger partial charge is 0.407 e. The lowest BCUT2D eigenvalue weighted by atomic mass is 10.6. The van der Waals surface area contributed by atoms with Crippen molar-refractivity contribution in [2.24, 2.45) is 0 Å². The molecule has 0 aromatic rings. The Balaban J connectivity index is 3.40. The average molecular weight is 277 g/mol. The van der Waals surface area contributed by atoms with Gasteiger partial charge in [0.2, 0.25) is 0 Å². The van der Waals surface area contributed by atoms with Crippen LogP contribution in [0.3, 0.4) is 0 Å². The van der Waals surface area contributed by atoms with Gasteiger partial charge in [-0.3, -0.25) is 4.79 Å². The Morgan fingerprint density at radius 3 is 2.39 bits per heavy atom. The molecule has 1 atom stereocenters. The Morgan fingerprint density at radius 2 is 1.78 bits per heavy atom.